The SMILES string of the molecule is CCCC1CC1NC(=O)c1ccc(F)cc1. The van der Waals surface area contributed by atoms with Crippen LogP contribution in [-0.4, -0.2) is 11.9 Å². The van der Waals surface area contributed by atoms with Crippen LogP contribution in [0.3, 0.4) is 0 Å². The number of hydrogen-bond donors (Lipinski definition) is 1. The zero-order valence-corrected chi connectivity index (χ0v) is 9.37. The first-order chi connectivity index (χ1) is 7.70. The Kier molecular flexibility index (Phi) is 3.22. The molecule has 0 bridgehead atoms. The molecule has 1 aromatic carbocycles. The molecule has 2 rings (SSSR count). The van der Waals surface area contributed by atoms with E-state index in [0.717, 1.165) is 12.8 Å². The average molecular weight is 221 g/mol. The second-order valence-electron chi connectivity index (χ2n) is 4.37. The van der Waals surface area contributed by atoms with Crippen LogP contribution in [0.2, 0.25) is 0 Å². The van der Waals surface area contributed by atoms with Crippen molar-refractivity contribution in [2.75, 3.05) is 0 Å². The van der Waals surface area contributed by atoms with Gasteiger partial charge < -0.3 is 5.32 Å². The van der Waals surface area contributed by atoms with E-state index in [1.807, 2.05) is 0 Å². The maximum Gasteiger partial charge on any atom is 0.251 e. The lowest BCUT2D eigenvalue weighted by Crippen LogP contribution is -2.26. The van der Waals surface area contributed by atoms with Gasteiger partial charge in [0.15, 0.2) is 0 Å². The number of halogens is 1. The van der Waals surface area contributed by atoms with Gasteiger partial charge in [0.2, 0.25) is 0 Å². The smallest absolute Gasteiger partial charge is 0.251 e. The topological polar surface area (TPSA) is 29.1 Å². The van der Waals surface area contributed by atoms with Crippen molar-refractivity contribution in [3.05, 3.63) is 35.6 Å². The average Bonchev–Trinajstić information content (AvgIpc) is 2.98. The van der Waals surface area contributed by atoms with E-state index in [9.17, 15) is 9.18 Å². The van der Waals surface area contributed by atoms with Crippen LogP contribution < -0.4 is 5.32 Å². The summed E-state index contributed by atoms with van der Waals surface area (Å²) in [5.74, 6) is 0.241. The molecule has 1 N–H and O–H groups in total. The predicted octanol–water partition coefficient (Wildman–Crippen LogP) is 2.74. The molecule has 2 atom stereocenters. The fourth-order valence-corrected chi connectivity index (χ4v) is 1.97. The molecule has 2 unspecified atom stereocenters. The standard InChI is InChI=1S/C13H16FNO/c1-2-3-10-8-12(10)15-13(16)9-4-6-11(14)7-5-9/h4-7,10,12H,2-3,8H2,1H3,(H,15,16). The molecule has 0 heterocycles. The van der Waals surface area contributed by atoms with Gasteiger partial charge in [0.25, 0.3) is 5.91 Å². The zero-order valence-electron chi connectivity index (χ0n) is 9.37. The molecule has 1 amide bonds. The van der Waals surface area contributed by atoms with Gasteiger partial charge in [-0.25, -0.2) is 4.39 Å². The number of nitrogens with one attached hydrogen (secondary N) is 1. The summed E-state index contributed by atoms with van der Waals surface area (Å²) in [4.78, 5) is 11.7. The fraction of sp³-hybridized carbons (Fsp3) is 0.462. The Hall–Kier alpha value is -1.38. The van der Waals surface area contributed by atoms with Crippen molar-refractivity contribution in [2.24, 2.45) is 5.92 Å². The molecule has 0 aromatic heterocycles. The van der Waals surface area contributed by atoms with E-state index >= 15 is 0 Å². The van der Waals surface area contributed by atoms with Crippen LogP contribution in [0.4, 0.5) is 4.39 Å². The Morgan fingerprint density at radius 3 is 2.75 bits per heavy atom. The van der Waals surface area contributed by atoms with Crippen molar-refractivity contribution in [1.29, 1.82) is 0 Å². The Labute approximate surface area is 94.9 Å². The van der Waals surface area contributed by atoms with Crippen LogP contribution in [0, 0.1) is 11.7 Å². The van der Waals surface area contributed by atoms with E-state index in [1.165, 1.54) is 30.7 Å². The quantitative estimate of drug-likeness (QED) is 0.832. The van der Waals surface area contributed by atoms with Crippen molar-refractivity contribution in [3.63, 3.8) is 0 Å². The van der Waals surface area contributed by atoms with Crippen LogP contribution >= 0.6 is 0 Å². The number of amides is 1. The van der Waals surface area contributed by atoms with Crippen LogP contribution in [0.5, 0.6) is 0 Å². The van der Waals surface area contributed by atoms with Crippen molar-refractivity contribution in [3.8, 4) is 0 Å². The molecular formula is C13H16FNO. The molecule has 1 saturated carbocycles. The lowest BCUT2D eigenvalue weighted by atomic mass is 10.2. The monoisotopic (exact) mass is 221 g/mol. The van der Waals surface area contributed by atoms with Gasteiger partial charge in [0.05, 0.1) is 0 Å². The Bertz CT molecular complexity index is 374. The minimum Gasteiger partial charge on any atom is -0.349 e. The maximum atomic E-state index is 12.7. The second kappa shape index (κ2) is 4.64. The number of hydrogen-bond acceptors (Lipinski definition) is 1. The minimum atomic E-state index is -0.313. The first-order valence-corrected chi connectivity index (χ1v) is 5.77. The largest absolute Gasteiger partial charge is 0.349 e. The van der Waals surface area contributed by atoms with Crippen LogP contribution in [-0.2, 0) is 0 Å². The van der Waals surface area contributed by atoms with Gasteiger partial charge in [0.1, 0.15) is 5.82 Å². The van der Waals surface area contributed by atoms with Crippen LogP contribution in [0.25, 0.3) is 0 Å². The molecule has 0 saturated heterocycles. The Morgan fingerprint density at radius 1 is 1.44 bits per heavy atom. The summed E-state index contributed by atoms with van der Waals surface area (Å²) in [6, 6.07) is 5.98. The normalized spacial score (nSPS) is 22.9. The molecule has 86 valence electrons. The molecule has 1 aliphatic carbocycles. The highest BCUT2D eigenvalue weighted by Crippen LogP contribution is 2.34. The third-order valence-electron chi connectivity index (χ3n) is 3.00. The lowest BCUT2D eigenvalue weighted by molar-refractivity contribution is 0.0949. The fourth-order valence-electron chi connectivity index (χ4n) is 1.97. The number of carbonyl (C=O) groups excluding carboxylic acids is 1. The first kappa shape index (κ1) is 11.1. The van der Waals surface area contributed by atoms with E-state index in [1.54, 1.807) is 0 Å². The van der Waals surface area contributed by atoms with Gasteiger partial charge in [0, 0.05) is 11.6 Å². The maximum absolute atomic E-state index is 12.7. The first-order valence-electron chi connectivity index (χ1n) is 5.77. The second-order valence-corrected chi connectivity index (χ2v) is 4.37. The molecule has 1 aliphatic rings. The number of carbonyl (C=O) groups is 1. The van der Waals surface area contributed by atoms with Crippen LogP contribution in [0.15, 0.2) is 24.3 Å². The Balaban J connectivity index is 1.87. The van der Waals surface area contributed by atoms with Crippen molar-refractivity contribution < 1.29 is 9.18 Å². The third-order valence-corrected chi connectivity index (χ3v) is 3.00. The molecule has 16 heavy (non-hydrogen) atoms. The predicted molar refractivity (Wildman–Crippen MR) is 60.7 cm³/mol. The number of rotatable bonds is 4. The molecule has 0 spiro atoms. The van der Waals surface area contributed by atoms with Crippen molar-refractivity contribution >= 4 is 5.91 Å². The molecule has 0 radical (unpaired) electrons. The minimum absolute atomic E-state index is 0.0939. The molecule has 1 fully saturated rings. The Morgan fingerprint density at radius 2 is 2.12 bits per heavy atom. The molecule has 0 aliphatic heterocycles. The van der Waals surface area contributed by atoms with Crippen molar-refractivity contribution in [2.45, 2.75) is 32.2 Å². The highest BCUT2D eigenvalue weighted by molar-refractivity contribution is 5.94. The highest BCUT2D eigenvalue weighted by Gasteiger charge is 2.37. The van der Waals surface area contributed by atoms with E-state index in [2.05, 4.69) is 12.2 Å². The summed E-state index contributed by atoms with van der Waals surface area (Å²) in [6.45, 7) is 2.15. The van der Waals surface area contributed by atoms with E-state index in [4.69, 9.17) is 0 Å². The van der Waals surface area contributed by atoms with Gasteiger partial charge in [-0.15, -0.1) is 0 Å². The van der Waals surface area contributed by atoms with E-state index in [-0.39, 0.29) is 11.7 Å². The third kappa shape index (κ3) is 2.60. The summed E-state index contributed by atoms with van der Waals surface area (Å²) in [7, 11) is 0. The molecule has 3 heteroatoms. The van der Waals surface area contributed by atoms with Crippen molar-refractivity contribution in [1.82, 2.24) is 5.32 Å². The summed E-state index contributed by atoms with van der Waals surface area (Å²) in [5, 5.41) is 2.96. The zero-order chi connectivity index (χ0) is 11.5. The molecule has 1 aromatic rings. The molecular weight excluding hydrogens is 205 g/mol. The van der Waals surface area contributed by atoms with Gasteiger partial charge >= 0.3 is 0 Å². The summed E-state index contributed by atoms with van der Waals surface area (Å²) >= 11 is 0. The van der Waals surface area contributed by atoms with Gasteiger partial charge in [-0.1, -0.05) is 13.3 Å². The summed E-state index contributed by atoms with van der Waals surface area (Å²) in [5.41, 5.74) is 0.531. The van der Waals surface area contributed by atoms with Crippen LogP contribution in [0.1, 0.15) is 36.5 Å². The summed E-state index contributed by atoms with van der Waals surface area (Å²) < 4.78 is 12.7. The van der Waals surface area contributed by atoms with E-state index < -0.39 is 0 Å². The molecule has 2 nitrogen and oxygen atoms in total. The van der Waals surface area contributed by atoms with E-state index in [0.29, 0.717) is 17.5 Å². The summed E-state index contributed by atoms with van der Waals surface area (Å²) in [6.07, 6.45) is 3.42. The van der Waals surface area contributed by atoms with Gasteiger partial charge in [-0.05, 0) is 43.0 Å². The lowest BCUT2D eigenvalue weighted by Gasteiger charge is -2.04. The van der Waals surface area contributed by atoms with Gasteiger partial charge in [-0.2, -0.15) is 0 Å². The highest BCUT2D eigenvalue weighted by atomic mass is 19.1. The van der Waals surface area contributed by atoms with Gasteiger partial charge in [-0.3, -0.25) is 4.79 Å². The number of benzene rings is 1.